The average Bonchev–Trinajstić information content (AvgIpc) is 2.77. The lowest BCUT2D eigenvalue weighted by molar-refractivity contribution is 0.597. The molecule has 0 aliphatic carbocycles. The van der Waals surface area contributed by atoms with E-state index in [0.29, 0.717) is 16.4 Å². The van der Waals surface area contributed by atoms with Crippen LogP contribution in [0.25, 0.3) is 5.65 Å². The van der Waals surface area contributed by atoms with Crippen LogP contribution in [-0.4, -0.2) is 23.0 Å². The van der Waals surface area contributed by atoms with Crippen molar-refractivity contribution in [2.75, 3.05) is 4.72 Å². The van der Waals surface area contributed by atoms with Gasteiger partial charge in [-0.05, 0) is 25.1 Å². The lowest BCUT2D eigenvalue weighted by Crippen LogP contribution is -2.15. The van der Waals surface area contributed by atoms with Crippen LogP contribution >= 0.6 is 23.2 Å². The standard InChI is InChI=1S/C13H9Cl2FN4O2S/c1-7-12(15)13-17-5-9(6-20(13)18-7)23(21,22)19-11-3-2-8(14)4-10(11)16/h2-6,19H,1H3. The van der Waals surface area contributed by atoms with Gasteiger partial charge in [-0.15, -0.1) is 0 Å². The molecule has 120 valence electrons. The second-order valence-electron chi connectivity index (χ2n) is 4.69. The third-order valence-corrected chi connectivity index (χ3v) is 5.04. The number of anilines is 1. The molecule has 1 aromatic carbocycles. The molecule has 0 aliphatic heterocycles. The lowest BCUT2D eigenvalue weighted by atomic mass is 10.3. The minimum absolute atomic E-state index is 0.162. The van der Waals surface area contributed by atoms with E-state index in [2.05, 4.69) is 14.8 Å². The van der Waals surface area contributed by atoms with Gasteiger partial charge in [0.25, 0.3) is 10.0 Å². The van der Waals surface area contributed by atoms with Crippen molar-refractivity contribution in [3.05, 3.63) is 52.1 Å². The van der Waals surface area contributed by atoms with Crippen LogP contribution in [0.5, 0.6) is 0 Å². The van der Waals surface area contributed by atoms with Crippen LogP contribution in [0.4, 0.5) is 10.1 Å². The fraction of sp³-hybridized carbons (Fsp3) is 0.0769. The van der Waals surface area contributed by atoms with Gasteiger partial charge in [0.1, 0.15) is 15.7 Å². The van der Waals surface area contributed by atoms with E-state index >= 15 is 0 Å². The van der Waals surface area contributed by atoms with E-state index in [1.165, 1.54) is 22.8 Å². The molecule has 0 aliphatic rings. The van der Waals surface area contributed by atoms with E-state index in [-0.39, 0.29) is 15.6 Å². The van der Waals surface area contributed by atoms with Crippen molar-refractivity contribution in [2.45, 2.75) is 11.8 Å². The van der Waals surface area contributed by atoms with E-state index in [0.717, 1.165) is 12.3 Å². The molecule has 3 rings (SSSR count). The highest BCUT2D eigenvalue weighted by atomic mass is 35.5. The number of aryl methyl sites for hydroxylation is 1. The maximum atomic E-state index is 13.7. The zero-order chi connectivity index (χ0) is 16.8. The van der Waals surface area contributed by atoms with Gasteiger partial charge >= 0.3 is 0 Å². The first kappa shape index (κ1) is 16.0. The number of aromatic nitrogens is 3. The van der Waals surface area contributed by atoms with Crippen LogP contribution in [0, 0.1) is 12.7 Å². The summed E-state index contributed by atoms with van der Waals surface area (Å²) in [5, 5.41) is 4.56. The average molecular weight is 375 g/mol. The highest BCUT2D eigenvalue weighted by molar-refractivity contribution is 7.92. The summed E-state index contributed by atoms with van der Waals surface area (Å²) < 4.78 is 41.8. The number of hydrogen-bond donors (Lipinski definition) is 1. The molecule has 10 heteroatoms. The van der Waals surface area contributed by atoms with E-state index in [1.807, 2.05) is 0 Å². The third-order valence-electron chi connectivity index (χ3n) is 3.04. The van der Waals surface area contributed by atoms with Gasteiger partial charge in [0, 0.05) is 5.02 Å². The number of benzene rings is 1. The minimum atomic E-state index is -4.04. The number of sulfonamides is 1. The van der Waals surface area contributed by atoms with Gasteiger partial charge in [-0.2, -0.15) is 5.10 Å². The van der Waals surface area contributed by atoms with Gasteiger partial charge in [-0.25, -0.2) is 22.3 Å². The summed E-state index contributed by atoms with van der Waals surface area (Å²) in [6.07, 6.45) is 2.37. The molecule has 0 unspecified atom stereocenters. The number of hydrogen-bond acceptors (Lipinski definition) is 4. The molecule has 2 heterocycles. The zero-order valence-electron chi connectivity index (χ0n) is 11.6. The molecule has 2 aromatic heterocycles. The van der Waals surface area contributed by atoms with Crippen LogP contribution < -0.4 is 4.72 Å². The largest absolute Gasteiger partial charge is 0.277 e. The van der Waals surface area contributed by atoms with Crippen LogP contribution in [0.15, 0.2) is 35.5 Å². The summed E-state index contributed by atoms with van der Waals surface area (Å²) in [6.45, 7) is 1.67. The van der Waals surface area contributed by atoms with Crippen LogP contribution in [0.2, 0.25) is 10.0 Å². The van der Waals surface area contributed by atoms with Crippen molar-refractivity contribution >= 4 is 44.6 Å². The first-order valence-corrected chi connectivity index (χ1v) is 8.50. The highest BCUT2D eigenvalue weighted by Crippen LogP contribution is 2.24. The topological polar surface area (TPSA) is 76.4 Å². The SMILES string of the molecule is Cc1nn2cc(S(=O)(=O)Nc3ccc(Cl)cc3F)cnc2c1Cl. The first-order chi connectivity index (χ1) is 10.8. The quantitative estimate of drug-likeness (QED) is 0.762. The van der Waals surface area contributed by atoms with Crippen LogP contribution in [0.1, 0.15) is 5.69 Å². The van der Waals surface area contributed by atoms with Gasteiger partial charge in [0.2, 0.25) is 0 Å². The Kier molecular flexibility index (Phi) is 3.91. The fourth-order valence-electron chi connectivity index (χ4n) is 1.91. The monoisotopic (exact) mass is 374 g/mol. The van der Waals surface area contributed by atoms with E-state index < -0.39 is 15.8 Å². The third kappa shape index (κ3) is 2.97. The maximum absolute atomic E-state index is 13.7. The molecule has 0 saturated carbocycles. The number of rotatable bonds is 3. The molecule has 0 amide bonds. The van der Waals surface area contributed by atoms with Gasteiger partial charge in [-0.3, -0.25) is 4.72 Å². The van der Waals surface area contributed by atoms with Crippen LogP contribution in [0.3, 0.4) is 0 Å². The van der Waals surface area contributed by atoms with Crippen molar-refractivity contribution in [3.63, 3.8) is 0 Å². The summed E-state index contributed by atoms with van der Waals surface area (Å²) in [5.41, 5.74) is 0.635. The molecule has 6 nitrogen and oxygen atoms in total. The summed E-state index contributed by atoms with van der Waals surface area (Å²) >= 11 is 11.6. The summed E-state index contributed by atoms with van der Waals surface area (Å²) in [6, 6.07) is 3.62. The number of fused-ring (bicyclic) bond motifs is 1. The number of nitrogens with zero attached hydrogens (tertiary/aromatic N) is 3. The van der Waals surface area contributed by atoms with Crippen molar-refractivity contribution in [1.29, 1.82) is 0 Å². The Hall–Kier alpha value is -1.90. The van der Waals surface area contributed by atoms with Crippen molar-refractivity contribution < 1.29 is 12.8 Å². The van der Waals surface area contributed by atoms with Gasteiger partial charge in [-0.1, -0.05) is 23.2 Å². The smallest absolute Gasteiger partial charge is 0.265 e. The fourth-order valence-corrected chi connectivity index (χ4v) is 3.25. The Labute approximate surface area is 140 Å². The highest BCUT2D eigenvalue weighted by Gasteiger charge is 2.19. The molecular formula is C13H9Cl2FN4O2S. The Bertz CT molecular complexity index is 1020. The maximum Gasteiger partial charge on any atom is 0.265 e. The van der Waals surface area contributed by atoms with E-state index in [1.54, 1.807) is 6.92 Å². The number of halogens is 3. The summed E-state index contributed by atoms with van der Waals surface area (Å²) in [5.74, 6) is -0.784. The van der Waals surface area contributed by atoms with E-state index in [9.17, 15) is 12.8 Å². The summed E-state index contributed by atoms with van der Waals surface area (Å²) in [4.78, 5) is 3.80. The van der Waals surface area contributed by atoms with Gasteiger partial charge in [0.15, 0.2) is 5.65 Å². The second-order valence-corrected chi connectivity index (χ2v) is 7.18. The van der Waals surface area contributed by atoms with Crippen molar-refractivity contribution in [3.8, 4) is 0 Å². The molecule has 1 N–H and O–H groups in total. The molecule has 0 saturated heterocycles. The van der Waals surface area contributed by atoms with Crippen molar-refractivity contribution in [2.24, 2.45) is 0 Å². The summed E-state index contributed by atoms with van der Waals surface area (Å²) in [7, 11) is -4.04. The van der Waals surface area contributed by atoms with Gasteiger partial charge < -0.3 is 0 Å². The molecule has 0 bridgehead atoms. The predicted octanol–water partition coefficient (Wildman–Crippen LogP) is 3.28. The van der Waals surface area contributed by atoms with Crippen molar-refractivity contribution in [1.82, 2.24) is 14.6 Å². The molecular weight excluding hydrogens is 366 g/mol. The molecule has 0 fully saturated rings. The van der Waals surface area contributed by atoms with Gasteiger partial charge in [0.05, 0.1) is 23.8 Å². The normalized spacial score (nSPS) is 11.8. The number of nitrogens with one attached hydrogen (secondary N) is 1. The Morgan fingerprint density at radius 2 is 2.04 bits per heavy atom. The Morgan fingerprint density at radius 3 is 2.74 bits per heavy atom. The lowest BCUT2D eigenvalue weighted by Gasteiger charge is -2.09. The Balaban J connectivity index is 2.02. The molecule has 0 radical (unpaired) electrons. The zero-order valence-corrected chi connectivity index (χ0v) is 13.9. The minimum Gasteiger partial charge on any atom is -0.277 e. The Morgan fingerprint density at radius 1 is 1.30 bits per heavy atom. The first-order valence-electron chi connectivity index (χ1n) is 6.26. The molecule has 23 heavy (non-hydrogen) atoms. The van der Waals surface area contributed by atoms with Crippen LogP contribution in [-0.2, 0) is 10.0 Å². The van der Waals surface area contributed by atoms with E-state index in [4.69, 9.17) is 23.2 Å². The molecule has 0 spiro atoms. The predicted molar refractivity (Wildman–Crippen MR) is 85.0 cm³/mol. The molecule has 3 aromatic rings. The molecule has 0 atom stereocenters. The second kappa shape index (κ2) is 5.63.